The molecule has 5 fully saturated rings. The van der Waals surface area contributed by atoms with Gasteiger partial charge in [0.2, 0.25) is 0 Å². The first-order chi connectivity index (χ1) is 16.4. The molecule has 1 aliphatic heterocycles. The Bertz CT molecular complexity index is 818. The highest BCUT2D eigenvalue weighted by Gasteiger charge is 2.73. The van der Waals surface area contributed by atoms with Crippen molar-refractivity contribution >= 4 is 5.97 Å². The molecular formula is C32H54O3. The molecular weight excluding hydrogens is 432 g/mol. The van der Waals surface area contributed by atoms with Gasteiger partial charge in [-0.3, -0.25) is 4.79 Å². The molecule has 0 N–H and O–H groups in total. The van der Waals surface area contributed by atoms with Crippen LogP contribution in [0.2, 0.25) is 0 Å². The topological polar surface area (TPSA) is 35.5 Å². The number of hydrogen-bond donors (Lipinski definition) is 0. The third kappa shape index (κ3) is 3.70. The van der Waals surface area contributed by atoms with Crippen LogP contribution in [0.15, 0.2) is 0 Å². The summed E-state index contributed by atoms with van der Waals surface area (Å²) in [4.78, 5) is 11.9. The van der Waals surface area contributed by atoms with Crippen molar-refractivity contribution < 1.29 is 14.3 Å². The molecule has 0 radical (unpaired) electrons. The van der Waals surface area contributed by atoms with Gasteiger partial charge in [0.05, 0.1) is 12.7 Å². The van der Waals surface area contributed by atoms with Crippen LogP contribution in [-0.2, 0) is 14.3 Å². The Morgan fingerprint density at radius 3 is 2.40 bits per heavy atom. The normalized spacial score (nSPS) is 48.7. The molecule has 35 heavy (non-hydrogen) atoms. The van der Waals surface area contributed by atoms with Crippen LogP contribution in [0, 0.1) is 57.2 Å². The summed E-state index contributed by atoms with van der Waals surface area (Å²) in [5.41, 5.74) is 1.16. The van der Waals surface area contributed by atoms with Gasteiger partial charge in [-0.15, -0.1) is 0 Å². The third-order valence-corrected chi connectivity index (χ3v) is 13.1. The molecule has 4 aliphatic carbocycles. The lowest BCUT2D eigenvalue weighted by molar-refractivity contribution is -0.203. The van der Waals surface area contributed by atoms with Crippen molar-refractivity contribution in [1.29, 1.82) is 0 Å². The molecule has 0 aromatic carbocycles. The highest BCUT2D eigenvalue weighted by atomic mass is 16.5. The maximum absolute atomic E-state index is 11.9. The number of carbonyl (C=O) groups is 1. The van der Waals surface area contributed by atoms with Crippen LogP contribution in [0.25, 0.3) is 0 Å². The van der Waals surface area contributed by atoms with Gasteiger partial charge in [0.15, 0.2) is 0 Å². The molecule has 0 amide bonds. The Morgan fingerprint density at radius 1 is 0.971 bits per heavy atom. The van der Waals surface area contributed by atoms with Gasteiger partial charge in [0.1, 0.15) is 6.10 Å². The first-order valence-corrected chi connectivity index (χ1v) is 15.2. The molecule has 3 nitrogen and oxygen atoms in total. The van der Waals surface area contributed by atoms with E-state index in [0.717, 1.165) is 36.7 Å². The van der Waals surface area contributed by atoms with Gasteiger partial charge in [-0.25, -0.2) is 0 Å². The Kier molecular flexibility index (Phi) is 6.50. The van der Waals surface area contributed by atoms with E-state index in [0.29, 0.717) is 34.2 Å². The van der Waals surface area contributed by atoms with Crippen molar-refractivity contribution in [3.8, 4) is 0 Å². The minimum Gasteiger partial charge on any atom is -0.462 e. The summed E-state index contributed by atoms with van der Waals surface area (Å²) < 4.78 is 12.8. The molecule has 0 unspecified atom stereocenters. The first-order valence-electron chi connectivity index (χ1n) is 15.2. The van der Waals surface area contributed by atoms with Crippen LogP contribution in [0.1, 0.15) is 120 Å². The number of carbonyl (C=O) groups excluding carboxylic acids is 1. The van der Waals surface area contributed by atoms with E-state index in [1.807, 2.05) is 0 Å². The average Bonchev–Trinajstić information content (AvgIpc) is 3.26. The molecule has 1 heterocycles. The summed E-state index contributed by atoms with van der Waals surface area (Å²) >= 11 is 0. The molecule has 1 spiro atoms. The van der Waals surface area contributed by atoms with Gasteiger partial charge in [0.25, 0.3) is 0 Å². The van der Waals surface area contributed by atoms with E-state index in [4.69, 9.17) is 9.47 Å². The monoisotopic (exact) mass is 486 g/mol. The van der Waals surface area contributed by atoms with Gasteiger partial charge in [-0.2, -0.15) is 0 Å². The minimum atomic E-state index is -0.117. The number of fused-ring (bicyclic) bond motifs is 2. The van der Waals surface area contributed by atoms with Gasteiger partial charge in [0, 0.05) is 17.8 Å². The van der Waals surface area contributed by atoms with Crippen molar-refractivity contribution in [2.75, 3.05) is 6.61 Å². The highest BCUT2D eigenvalue weighted by molar-refractivity contribution is 5.66. The molecule has 0 bridgehead atoms. The minimum absolute atomic E-state index is 0.0257. The average molecular weight is 487 g/mol. The number of esters is 1. The molecule has 200 valence electrons. The summed E-state index contributed by atoms with van der Waals surface area (Å²) in [6.07, 6.45) is 13.5. The molecule has 1 saturated heterocycles. The zero-order chi connectivity index (χ0) is 25.4. The second-order valence-corrected chi connectivity index (χ2v) is 15.3. The first kappa shape index (κ1) is 26.1. The van der Waals surface area contributed by atoms with E-state index in [-0.39, 0.29) is 17.5 Å². The fraction of sp³-hybridized carbons (Fsp3) is 0.969. The lowest BCUT2D eigenvalue weighted by Gasteiger charge is -2.66. The van der Waals surface area contributed by atoms with Crippen molar-refractivity contribution in [3.63, 3.8) is 0 Å². The summed E-state index contributed by atoms with van der Waals surface area (Å²) in [5, 5.41) is 0. The van der Waals surface area contributed by atoms with Crippen LogP contribution in [0.5, 0.6) is 0 Å². The van der Waals surface area contributed by atoms with Gasteiger partial charge in [-0.05, 0) is 91.3 Å². The number of hydrogen-bond acceptors (Lipinski definition) is 3. The summed E-state index contributed by atoms with van der Waals surface area (Å²) in [7, 11) is 0. The van der Waals surface area contributed by atoms with Crippen molar-refractivity contribution in [2.45, 2.75) is 132 Å². The second kappa shape index (κ2) is 8.74. The maximum Gasteiger partial charge on any atom is 0.302 e. The largest absolute Gasteiger partial charge is 0.462 e. The SMILES string of the molecule is CC(=O)O[C@H]1CC[C@@]23CO[C@H]4C[C@]5(C)[C@@H]([C@H](C)CCCC(C)C)CC[C@@]5(C)[C@H](CC[C@H]2C1(C)C)[C@H]43. The van der Waals surface area contributed by atoms with Crippen LogP contribution < -0.4 is 0 Å². The van der Waals surface area contributed by atoms with Crippen molar-refractivity contribution in [1.82, 2.24) is 0 Å². The predicted octanol–water partition coefficient (Wildman–Crippen LogP) is 8.05. The van der Waals surface area contributed by atoms with E-state index in [9.17, 15) is 4.79 Å². The number of rotatable bonds is 6. The Labute approximate surface area is 215 Å². The predicted molar refractivity (Wildman–Crippen MR) is 142 cm³/mol. The molecule has 5 rings (SSSR count). The Morgan fingerprint density at radius 2 is 1.71 bits per heavy atom. The van der Waals surface area contributed by atoms with Crippen molar-refractivity contribution in [3.05, 3.63) is 0 Å². The summed E-state index contributed by atoms with van der Waals surface area (Å²) in [6.45, 7) is 20.0. The van der Waals surface area contributed by atoms with E-state index in [1.54, 1.807) is 6.92 Å². The van der Waals surface area contributed by atoms with E-state index < -0.39 is 0 Å². The smallest absolute Gasteiger partial charge is 0.302 e. The Balaban J connectivity index is 1.41. The highest BCUT2D eigenvalue weighted by Crippen LogP contribution is 2.76. The lowest BCUT2D eigenvalue weighted by atomic mass is 9.38. The quantitative estimate of drug-likeness (QED) is 0.356. The standard InChI is InChI=1S/C32H54O3/c1-20(2)10-9-11-21(3)23-14-16-30(7)24-12-13-26-29(5,6)27(35-22(4)33)15-17-32(26)19-34-25(28(24)32)18-31(23,30)8/h20-21,23-28H,9-19H2,1-8H3/t21-,23-,24-,25+,26+,27+,28-,30+,31-,32-/m1/s1. The maximum atomic E-state index is 11.9. The molecule has 3 heteroatoms. The fourth-order valence-corrected chi connectivity index (χ4v) is 11.3. The zero-order valence-corrected chi connectivity index (χ0v) is 24.1. The zero-order valence-electron chi connectivity index (χ0n) is 24.1. The van der Waals surface area contributed by atoms with E-state index in [1.165, 1.54) is 57.8 Å². The van der Waals surface area contributed by atoms with E-state index in [2.05, 4.69) is 48.5 Å². The van der Waals surface area contributed by atoms with Crippen LogP contribution >= 0.6 is 0 Å². The van der Waals surface area contributed by atoms with E-state index >= 15 is 0 Å². The van der Waals surface area contributed by atoms with Gasteiger partial charge < -0.3 is 9.47 Å². The summed E-state index contributed by atoms with van der Waals surface area (Å²) in [5.74, 6) is 4.45. The van der Waals surface area contributed by atoms with Crippen LogP contribution in [0.3, 0.4) is 0 Å². The summed E-state index contributed by atoms with van der Waals surface area (Å²) in [6, 6.07) is 0. The molecule has 0 aromatic heterocycles. The molecule has 4 saturated carbocycles. The fourth-order valence-electron chi connectivity index (χ4n) is 11.3. The second-order valence-electron chi connectivity index (χ2n) is 15.3. The third-order valence-electron chi connectivity index (χ3n) is 13.1. The Hall–Kier alpha value is -0.570. The van der Waals surface area contributed by atoms with Crippen LogP contribution in [-0.4, -0.2) is 24.8 Å². The van der Waals surface area contributed by atoms with Gasteiger partial charge in [-0.1, -0.05) is 67.7 Å². The lowest BCUT2D eigenvalue weighted by Crippen LogP contribution is -2.64. The molecule has 10 atom stereocenters. The number of ether oxygens (including phenoxy) is 2. The van der Waals surface area contributed by atoms with Crippen molar-refractivity contribution in [2.24, 2.45) is 57.2 Å². The van der Waals surface area contributed by atoms with Gasteiger partial charge >= 0.3 is 5.97 Å². The molecule has 5 aliphatic rings. The molecule has 0 aromatic rings. The van der Waals surface area contributed by atoms with Crippen LogP contribution in [0.4, 0.5) is 0 Å².